The third-order valence-corrected chi connectivity index (χ3v) is 5.13. The first-order chi connectivity index (χ1) is 12.2. The Morgan fingerprint density at radius 2 is 2.16 bits per heavy atom. The Hall–Kier alpha value is -1.35. The number of hydrogen-bond donors (Lipinski definition) is 3. The minimum absolute atomic E-state index is 0.0177. The lowest BCUT2D eigenvalue weighted by atomic mass is 9.81. The molecule has 0 aromatic carbocycles. The van der Waals surface area contributed by atoms with Gasteiger partial charge in [0.05, 0.1) is 26.0 Å². The summed E-state index contributed by atoms with van der Waals surface area (Å²) in [6.45, 7) is 2.27. The summed E-state index contributed by atoms with van der Waals surface area (Å²) in [4.78, 5) is 11.7. The largest absolute Gasteiger partial charge is 0.513 e. The molecule has 3 aliphatic rings. The summed E-state index contributed by atoms with van der Waals surface area (Å²) in [6.07, 6.45) is 7.57. The Kier molecular flexibility index (Phi) is 6.52. The van der Waals surface area contributed by atoms with E-state index in [0.29, 0.717) is 17.7 Å². The fraction of sp³-hybridized carbons (Fsp3) is 0.824. The maximum Gasteiger partial charge on any atom is 0.513 e. The van der Waals surface area contributed by atoms with Crippen molar-refractivity contribution in [2.24, 2.45) is 5.92 Å². The van der Waals surface area contributed by atoms with E-state index in [9.17, 15) is 4.79 Å². The molecule has 142 valence electrons. The number of hydrogen-bond acceptors (Lipinski definition) is 8. The molecule has 0 spiro atoms. The molecule has 8 nitrogen and oxygen atoms in total. The molecule has 3 rings (SSSR count). The fourth-order valence-corrected chi connectivity index (χ4v) is 3.97. The van der Waals surface area contributed by atoms with Crippen molar-refractivity contribution in [1.29, 1.82) is 0 Å². The van der Waals surface area contributed by atoms with Gasteiger partial charge in [-0.15, -0.1) is 0 Å². The molecule has 0 aromatic rings. The number of nitrogens with one attached hydrogen (secondary N) is 2. The van der Waals surface area contributed by atoms with Crippen molar-refractivity contribution in [2.75, 3.05) is 19.8 Å². The zero-order chi connectivity index (χ0) is 17.6. The van der Waals surface area contributed by atoms with Gasteiger partial charge < -0.3 is 24.7 Å². The Labute approximate surface area is 148 Å². The molecule has 2 aliphatic heterocycles. The molecule has 25 heavy (non-hydrogen) atoms. The van der Waals surface area contributed by atoms with Gasteiger partial charge in [-0.3, -0.25) is 5.32 Å². The topological polar surface area (TPSA) is 92.3 Å². The van der Waals surface area contributed by atoms with Crippen LogP contribution in [0, 0.1) is 5.92 Å². The lowest BCUT2D eigenvalue weighted by Crippen LogP contribution is -2.63. The second-order valence-electron chi connectivity index (χ2n) is 6.73. The lowest BCUT2D eigenvalue weighted by Gasteiger charge is -2.45. The number of fused-ring (bicyclic) bond motifs is 1. The molecule has 3 atom stereocenters. The molecule has 0 bridgehead atoms. The molecule has 0 aromatic heterocycles. The quantitative estimate of drug-likeness (QED) is 0.616. The summed E-state index contributed by atoms with van der Waals surface area (Å²) in [7, 11) is 0. The van der Waals surface area contributed by atoms with Crippen LogP contribution in [-0.4, -0.2) is 54.5 Å². The summed E-state index contributed by atoms with van der Waals surface area (Å²) in [5, 5.41) is 14.6. The second kappa shape index (κ2) is 8.84. The van der Waals surface area contributed by atoms with Gasteiger partial charge in [-0.05, 0) is 25.7 Å². The zero-order valence-electron chi connectivity index (χ0n) is 14.8. The summed E-state index contributed by atoms with van der Waals surface area (Å²) in [5.74, 6) is 1.08. The van der Waals surface area contributed by atoms with Crippen molar-refractivity contribution < 1.29 is 24.1 Å². The van der Waals surface area contributed by atoms with E-state index in [2.05, 4.69) is 10.7 Å². The molecule has 3 N–H and O–H groups in total. The lowest BCUT2D eigenvalue weighted by molar-refractivity contribution is -0.136. The number of hydrazine groups is 1. The van der Waals surface area contributed by atoms with Crippen LogP contribution < -0.4 is 10.7 Å². The van der Waals surface area contributed by atoms with Crippen LogP contribution in [0.3, 0.4) is 0 Å². The molecule has 2 fully saturated rings. The van der Waals surface area contributed by atoms with Gasteiger partial charge in [0, 0.05) is 12.5 Å². The van der Waals surface area contributed by atoms with E-state index >= 15 is 0 Å². The van der Waals surface area contributed by atoms with Crippen LogP contribution in [0.1, 0.15) is 45.4 Å². The van der Waals surface area contributed by atoms with Crippen LogP contribution in [0.4, 0.5) is 4.79 Å². The van der Waals surface area contributed by atoms with Gasteiger partial charge in [0.1, 0.15) is 12.4 Å². The van der Waals surface area contributed by atoms with Crippen molar-refractivity contribution >= 4 is 6.16 Å². The van der Waals surface area contributed by atoms with Gasteiger partial charge in [-0.1, -0.05) is 19.3 Å². The molecular weight excluding hydrogens is 326 g/mol. The van der Waals surface area contributed by atoms with Gasteiger partial charge in [-0.2, -0.15) is 5.01 Å². The van der Waals surface area contributed by atoms with Crippen LogP contribution in [-0.2, 0) is 14.2 Å². The number of nitrogens with zero attached hydrogens (tertiary/aromatic N) is 1. The van der Waals surface area contributed by atoms with E-state index < -0.39 is 6.16 Å². The molecule has 0 amide bonds. The Morgan fingerprint density at radius 1 is 1.36 bits per heavy atom. The highest BCUT2D eigenvalue weighted by Crippen LogP contribution is 2.34. The first-order valence-electron chi connectivity index (χ1n) is 9.30. The monoisotopic (exact) mass is 355 g/mol. The Bertz CT molecular complexity index is 481. The summed E-state index contributed by atoms with van der Waals surface area (Å²) >= 11 is 0. The zero-order valence-corrected chi connectivity index (χ0v) is 14.8. The Balaban J connectivity index is 1.68. The number of aliphatic hydroxyl groups is 1. The highest BCUT2D eigenvalue weighted by Gasteiger charge is 2.44. The molecular formula is C17H29N3O5. The maximum atomic E-state index is 11.7. The first kappa shape index (κ1) is 18.4. The number of aliphatic hydroxyl groups excluding tert-OH is 1. The van der Waals surface area contributed by atoms with Crippen molar-refractivity contribution in [2.45, 2.75) is 63.9 Å². The number of carbonyl (C=O) groups excluding carboxylic acids is 1. The predicted octanol–water partition coefficient (Wildman–Crippen LogP) is 1.42. The van der Waals surface area contributed by atoms with Crippen LogP contribution in [0.2, 0.25) is 0 Å². The molecule has 0 radical (unpaired) electrons. The molecule has 3 unspecified atom stereocenters. The van der Waals surface area contributed by atoms with Crippen molar-refractivity contribution in [3.63, 3.8) is 0 Å². The summed E-state index contributed by atoms with van der Waals surface area (Å²) in [5.41, 5.74) is 3.11. The van der Waals surface area contributed by atoms with Crippen LogP contribution in [0.5, 0.6) is 0 Å². The van der Waals surface area contributed by atoms with Gasteiger partial charge in [0.15, 0.2) is 5.76 Å². The molecule has 1 saturated carbocycles. The third kappa shape index (κ3) is 4.44. The molecule has 2 heterocycles. The molecule has 1 aliphatic carbocycles. The van der Waals surface area contributed by atoms with E-state index in [1.54, 1.807) is 13.1 Å². The Morgan fingerprint density at radius 3 is 2.88 bits per heavy atom. The maximum absolute atomic E-state index is 11.7. The average Bonchev–Trinajstić information content (AvgIpc) is 3.03. The molecule has 8 heteroatoms. The van der Waals surface area contributed by atoms with Gasteiger partial charge in [0.25, 0.3) is 0 Å². The van der Waals surface area contributed by atoms with Crippen LogP contribution in [0.25, 0.3) is 0 Å². The highest BCUT2D eigenvalue weighted by molar-refractivity contribution is 5.61. The summed E-state index contributed by atoms with van der Waals surface area (Å²) < 4.78 is 16.1. The van der Waals surface area contributed by atoms with Crippen molar-refractivity contribution in [3.05, 3.63) is 12.0 Å². The normalized spacial score (nSPS) is 30.3. The van der Waals surface area contributed by atoms with Crippen LogP contribution in [0.15, 0.2) is 12.0 Å². The van der Waals surface area contributed by atoms with E-state index in [1.165, 1.54) is 32.1 Å². The standard InChI is InChI=1S/C17H29N3O5/c1-2-23-17(22)25-14-11-18-20-15(24-9-8-21)10-13(19-16(14)20)12-6-4-3-5-7-12/h11-13,15-16,18-19,21H,2-10H2,1H3. The minimum Gasteiger partial charge on any atom is -0.434 e. The van der Waals surface area contributed by atoms with E-state index in [0.717, 1.165) is 6.42 Å². The van der Waals surface area contributed by atoms with Crippen molar-refractivity contribution in [1.82, 2.24) is 15.8 Å². The number of carbonyl (C=O) groups is 1. The number of rotatable bonds is 6. The first-order valence-corrected chi connectivity index (χ1v) is 9.30. The van der Waals surface area contributed by atoms with E-state index in [-0.39, 0.29) is 32.2 Å². The fourth-order valence-electron chi connectivity index (χ4n) is 3.97. The smallest absolute Gasteiger partial charge is 0.434 e. The van der Waals surface area contributed by atoms with E-state index in [1.807, 2.05) is 5.01 Å². The second-order valence-corrected chi connectivity index (χ2v) is 6.73. The number of ether oxygens (including phenoxy) is 3. The van der Waals surface area contributed by atoms with Gasteiger partial charge in [0.2, 0.25) is 0 Å². The SMILES string of the molecule is CCOC(=O)OC1=CNN2C(OCCO)CC(C3CCCCC3)NC12. The predicted molar refractivity (Wildman–Crippen MR) is 89.9 cm³/mol. The van der Waals surface area contributed by atoms with E-state index in [4.69, 9.17) is 19.3 Å². The van der Waals surface area contributed by atoms with Crippen LogP contribution >= 0.6 is 0 Å². The van der Waals surface area contributed by atoms with Gasteiger partial charge in [-0.25, -0.2) is 4.79 Å². The van der Waals surface area contributed by atoms with Crippen molar-refractivity contribution in [3.8, 4) is 0 Å². The minimum atomic E-state index is -0.702. The average molecular weight is 355 g/mol. The highest BCUT2D eigenvalue weighted by atomic mass is 16.7. The molecule has 1 saturated heterocycles. The summed E-state index contributed by atoms with van der Waals surface area (Å²) in [6, 6.07) is 0.291. The third-order valence-electron chi connectivity index (χ3n) is 5.13. The van der Waals surface area contributed by atoms with Gasteiger partial charge >= 0.3 is 6.16 Å².